The minimum Gasteiger partial charge on any atom is -0.444 e. The summed E-state index contributed by atoms with van der Waals surface area (Å²) in [6, 6.07) is 2.92. The lowest BCUT2D eigenvalue weighted by atomic mass is 9.85. The van der Waals surface area contributed by atoms with Crippen molar-refractivity contribution in [1.29, 1.82) is 0 Å². The van der Waals surface area contributed by atoms with Crippen molar-refractivity contribution in [2.45, 2.75) is 116 Å². The maximum Gasteiger partial charge on any atom is 0.410 e. The van der Waals surface area contributed by atoms with Gasteiger partial charge in [-0.1, -0.05) is 71.7 Å². The number of Topliss-reactive ketones (excluding diaryl/α,β-unsaturated/α-hetero) is 2. The van der Waals surface area contributed by atoms with E-state index in [4.69, 9.17) is 10.5 Å². The van der Waals surface area contributed by atoms with Crippen molar-refractivity contribution < 1.29 is 38.3 Å². The number of ketones is 2. The Morgan fingerprint density at radius 2 is 1.61 bits per heavy atom. The van der Waals surface area contributed by atoms with Crippen molar-refractivity contribution in [2.75, 3.05) is 13.1 Å². The van der Waals surface area contributed by atoms with Gasteiger partial charge in [0.05, 0.1) is 18.6 Å². The van der Waals surface area contributed by atoms with Gasteiger partial charge < -0.3 is 36.2 Å². The molecule has 278 valence electrons. The molecule has 4 aliphatic rings. The molecule has 1 aromatic carbocycles. The number of ether oxygens (including phenoxy) is 1. The number of likely N-dealkylation sites (tertiary alicyclic amines) is 1. The highest BCUT2D eigenvalue weighted by atomic mass is 16.6. The second kappa shape index (κ2) is 15.4. The van der Waals surface area contributed by atoms with E-state index in [-0.39, 0.29) is 42.9 Å². The van der Waals surface area contributed by atoms with E-state index < -0.39 is 71.3 Å². The van der Waals surface area contributed by atoms with Gasteiger partial charge in [-0.3, -0.25) is 24.0 Å². The molecule has 2 aliphatic heterocycles. The topological polar surface area (TPSA) is 197 Å². The second-order valence-electron chi connectivity index (χ2n) is 16.0. The third-order valence-corrected chi connectivity index (χ3v) is 10.3. The number of amides is 6. The third-order valence-electron chi connectivity index (χ3n) is 10.3. The molecule has 0 aromatic heterocycles. The number of carbonyl (C=O) groups excluding carboxylic acids is 7. The predicted molar refractivity (Wildman–Crippen MR) is 186 cm³/mol. The second-order valence-corrected chi connectivity index (χ2v) is 16.0. The molecular weight excluding hydrogens is 656 g/mol. The Morgan fingerprint density at radius 3 is 2.20 bits per heavy atom. The number of nitrogens with zero attached hydrogens (tertiary/aromatic N) is 2. The van der Waals surface area contributed by atoms with E-state index >= 15 is 0 Å². The number of rotatable bonds is 13. The summed E-state index contributed by atoms with van der Waals surface area (Å²) in [5.74, 6) is -3.51. The molecule has 3 fully saturated rings. The molecule has 2 saturated carbocycles. The third kappa shape index (κ3) is 9.44. The van der Waals surface area contributed by atoms with Crippen molar-refractivity contribution in [1.82, 2.24) is 25.8 Å². The van der Waals surface area contributed by atoms with E-state index in [9.17, 15) is 33.6 Å². The molecule has 14 heteroatoms. The van der Waals surface area contributed by atoms with Crippen LogP contribution >= 0.6 is 0 Å². The average molecular weight is 709 g/mol. The standard InChI is InChI=1S/C37H52N6O8/c1-20(2)28(29(44)23-12-13-23)40-35(49)41-31(37(3,4)5)34(48)43-19-25(51-36(50)42-15-14-22-8-6-7-9-24(22)18-42)17-27(43)33(47)39-26(16-21-10-11-21)30(45)32(38)46/h6-9,20-21,23,25-28,31H,10-19H2,1-5H3,(H2,38,46)(H,39,47)(H2,40,41,49)/t25?,26?,27-,28-,31+/m0/s1. The summed E-state index contributed by atoms with van der Waals surface area (Å²) in [5.41, 5.74) is 6.62. The molecule has 5 rings (SSSR count). The molecule has 5 N–H and O–H groups in total. The number of primary amides is 1. The van der Waals surface area contributed by atoms with Gasteiger partial charge in [0.2, 0.25) is 17.6 Å². The summed E-state index contributed by atoms with van der Waals surface area (Å²) in [6.07, 6.45) is 2.67. The Hall–Kier alpha value is -4.49. The van der Waals surface area contributed by atoms with Crippen LogP contribution in [0.2, 0.25) is 0 Å². The first kappa shape index (κ1) is 37.8. The minimum atomic E-state index is -1.19. The highest BCUT2D eigenvalue weighted by Gasteiger charge is 2.48. The van der Waals surface area contributed by atoms with Crippen LogP contribution in [0.4, 0.5) is 9.59 Å². The number of hydrogen-bond acceptors (Lipinski definition) is 8. The fourth-order valence-electron chi connectivity index (χ4n) is 6.92. The number of benzene rings is 1. The summed E-state index contributed by atoms with van der Waals surface area (Å²) < 4.78 is 5.91. The monoisotopic (exact) mass is 708 g/mol. The number of nitrogens with one attached hydrogen (secondary N) is 3. The summed E-state index contributed by atoms with van der Waals surface area (Å²) in [6.45, 7) is 9.63. The lowest BCUT2D eigenvalue weighted by Gasteiger charge is -2.36. The van der Waals surface area contributed by atoms with Crippen molar-refractivity contribution in [2.24, 2.45) is 28.9 Å². The van der Waals surface area contributed by atoms with Gasteiger partial charge >= 0.3 is 12.1 Å². The Bertz CT molecular complexity index is 1550. The first-order valence-electron chi connectivity index (χ1n) is 18.1. The van der Waals surface area contributed by atoms with Crippen LogP contribution in [0.5, 0.6) is 0 Å². The molecule has 0 spiro atoms. The molecule has 2 unspecified atom stereocenters. The van der Waals surface area contributed by atoms with Gasteiger partial charge in [0, 0.05) is 25.4 Å². The summed E-state index contributed by atoms with van der Waals surface area (Å²) in [7, 11) is 0. The largest absolute Gasteiger partial charge is 0.444 e. The maximum atomic E-state index is 14.4. The molecule has 0 radical (unpaired) electrons. The molecule has 2 aliphatic carbocycles. The molecule has 0 bridgehead atoms. The number of fused-ring (bicyclic) bond motifs is 1. The predicted octanol–water partition coefficient (Wildman–Crippen LogP) is 2.21. The molecule has 14 nitrogen and oxygen atoms in total. The van der Waals surface area contributed by atoms with Crippen molar-refractivity contribution >= 4 is 41.4 Å². The molecule has 6 amide bonds. The molecular formula is C37H52N6O8. The first-order chi connectivity index (χ1) is 24.0. The number of nitrogens with two attached hydrogens (primary N) is 1. The van der Waals surface area contributed by atoms with E-state index in [2.05, 4.69) is 16.0 Å². The lowest BCUT2D eigenvalue weighted by Crippen LogP contribution is -2.61. The van der Waals surface area contributed by atoms with E-state index in [1.807, 2.05) is 38.1 Å². The SMILES string of the molecule is CC(C)[C@H](NC(=O)N[C@H](C(=O)N1CC(OC(=O)N2CCc3ccccc3C2)C[C@H]1C(=O)NC(CC1CC1)C(=O)C(N)=O)C(C)(C)C)C(=O)C1CC1. The Balaban J connectivity index is 1.35. The first-order valence-corrected chi connectivity index (χ1v) is 18.1. The summed E-state index contributed by atoms with van der Waals surface area (Å²) in [4.78, 5) is 95.5. The van der Waals surface area contributed by atoms with Gasteiger partial charge in [-0.05, 0) is 54.1 Å². The van der Waals surface area contributed by atoms with Crippen LogP contribution in [0.1, 0.15) is 84.3 Å². The molecule has 51 heavy (non-hydrogen) atoms. The highest BCUT2D eigenvalue weighted by Crippen LogP contribution is 2.35. The number of urea groups is 1. The molecule has 2 heterocycles. The molecule has 1 saturated heterocycles. The zero-order chi connectivity index (χ0) is 37.2. The van der Waals surface area contributed by atoms with E-state index in [0.29, 0.717) is 19.5 Å². The van der Waals surface area contributed by atoms with Crippen LogP contribution in [-0.4, -0.2) is 94.6 Å². The van der Waals surface area contributed by atoms with Crippen LogP contribution in [0.15, 0.2) is 24.3 Å². The van der Waals surface area contributed by atoms with Gasteiger partial charge in [-0.15, -0.1) is 0 Å². The minimum absolute atomic E-state index is 0.0387. The Labute approximate surface area is 298 Å². The zero-order valence-corrected chi connectivity index (χ0v) is 30.2. The summed E-state index contributed by atoms with van der Waals surface area (Å²) >= 11 is 0. The highest BCUT2D eigenvalue weighted by molar-refractivity contribution is 6.37. The van der Waals surface area contributed by atoms with E-state index in [0.717, 1.165) is 36.8 Å². The fourth-order valence-corrected chi connectivity index (χ4v) is 6.92. The van der Waals surface area contributed by atoms with Gasteiger partial charge in [0.1, 0.15) is 18.2 Å². The summed E-state index contributed by atoms with van der Waals surface area (Å²) in [5, 5.41) is 8.19. The van der Waals surface area contributed by atoms with Crippen molar-refractivity contribution in [3.05, 3.63) is 35.4 Å². The number of hydrogen-bond donors (Lipinski definition) is 4. The smallest absolute Gasteiger partial charge is 0.410 e. The van der Waals surface area contributed by atoms with Crippen LogP contribution in [0, 0.1) is 23.2 Å². The maximum absolute atomic E-state index is 14.4. The van der Waals surface area contributed by atoms with Crippen LogP contribution in [0.25, 0.3) is 0 Å². The molecule has 5 atom stereocenters. The van der Waals surface area contributed by atoms with Crippen molar-refractivity contribution in [3.63, 3.8) is 0 Å². The Morgan fingerprint density at radius 1 is 0.941 bits per heavy atom. The van der Waals surface area contributed by atoms with Gasteiger partial charge in [-0.2, -0.15) is 0 Å². The van der Waals surface area contributed by atoms with Crippen LogP contribution in [0.3, 0.4) is 0 Å². The lowest BCUT2D eigenvalue weighted by molar-refractivity contribution is -0.143. The number of carbonyl (C=O) groups is 7. The van der Waals surface area contributed by atoms with Crippen LogP contribution < -0.4 is 21.7 Å². The van der Waals surface area contributed by atoms with Gasteiger partial charge in [0.25, 0.3) is 5.91 Å². The zero-order valence-electron chi connectivity index (χ0n) is 30.2. The van der Waals surface area contributed by atoms with Gasteiger partial charge in [0.15, 0.2) is 5.78 Å². The normalized spacial score (nSPS) is 21.9. The Kier molecular flexibility index (Phi) is 11.4. The van der Waals surface area contributed by atoms with Gasteiger partial charge in [-0.25, -0.2) is 9.59 Å². The molecule has 1 aromatic rings. The quantitative estimate of drug-likeness (QED) is 0.224. The average Bonchev–Trinajstić information content (AvgIpc) is 4.02. The van der Waals surface area contributed by atoms with E-state index in [1.54, 1.807) is 25.7 Å². The van der Waals surface area contributed by atoms with E-state index in [1.165, 1.54) is 4.90 Å². The van der Waals surface area contributed by atoms with Crippen LogP contribution in [-0.2, 0) is 41.7 Å². The van der Waals surface area contributed by atoms with Crippen molar-refractivity contribution in [3.8, 4) is 0 Å². The fraction of sp³-hybridized carbons (Fsp3) is 0.649.